The van der Waals surface area contributed by atoms with Crippen molar-refractivity contribution in [2.24, 2.45) is 5.41 Å². The monoisotopic (exact) mass is 198 g/mol. The Morgan fingerprint density at radius 1 is 1.36 bits per heavy atom. The van der Waals surface area contributed by atoms with Crippen LogP contribution < -0.4 is 10.6 Å². The van der Waals surface area contributed by atoms with Crippen LogP contribution >= 0.6 is 0 Å². The predicted molar refractivity (Wildman–Crippen MR) is 58.1 cm³/mol. The van der Waals surface area contributed by atoms with Crippen molar-refractivity contribution in [1.82, 2.24) is 10.6 Å². The van der Waals surface area contributed by atoms with Gasteiger partial charge in [0.1, 0.15) is 0 Å². The molecule has 0 bridgehead atoms. The first-order chi connectivity index (χ1) is 6.47. The molecule has 0 aromatic heterocycles. The van der Waals surface area contributed by atoms with Crippen LogP contribution in [0.2, 0.25) is 0 Å². The summed E-state index contributed by atoms with van der Waals surface area (Å²) in [7, 11) is 0. The van der Waals surface area contributed by atoms with Crippen LogP contribution in [0.4, 0.5) is 0 Å². The normalized spacial score (nSPS) is 19.4. The number of rotatable bonds is 2. The molecule has 3 nitrogen and oxygen atoms in total. The fraction of sp³-hybridized carbons (Fsp3) is 0.909. The van der Waals surface area contributed by atoms with Crippen LogP contribution in [0.15, 0.2) is 0 Å². The highest BCUT2D eigenvalue weighted by Gasteiger charge is 2.19. The van der Waals surface area contributed by atoms with E-state index in [9.17, 15) is 4.79 Å². The molecule has 1 aliphatic heterocycles. The summed E-state index contributed by atoms with van der Waals surface area (Å²) in [5.41, 5.74) is 0.0942. The van der Waals surface area contributed by atoms with Crippen LogP contribution in [0.25, 0.3) is 0 Å². The highest BCUT2D eigenvalue weighted by Crippen LogP contribution is 2.18. The van der Waals surface area contributed by atoms with Gasteiger partial charge in [-0.2, -0.15) is 0 Å². The Balaban J connectivity index is 2.25. The van der Waals surface area contributed by atoms with E-state index >= 15 is 0 Å². The van der Waals surface area contributed by atoms with Crippen LogP contribution in [0.1, 0.15) is 40.0 Å². The molecule has 82 valence electrons. The quantitative estimate of drug-likeness (QED) is 0.702. The van der Waals surface area contributed by atoms with Gasteiger partial charge in [-0.1, -0.05) is 20.8 Å². The average Bonchev–Trinajstić information content (AvgIpc) is 2.02. The molecule has 1 aliphatic rings. The van der Waals surface area contributed by atoms with Crippen molar-refractivity contribution in [3.05, 3.63) is 0 Å². The largest absolute Gasteiger partial charge is 0.353 e. The molecule has 1 rings (SSSR count). The van der Waals surface area contributed by atoms with Crippen LogP contribution in [0, 0.1) is 5.41 Å². The maximum Gasteiger partial charge on any atom is 0.220 e. The summed E-state index contributed by atoms with van der Waals surface area (Å²) >= 11 is 0. The summed E-state index contributed by atoms with van der Waals surface area (Å²) in [6, 6.07) is 0.395. The zero-order valence-electron chi connectivity index (χ0n) is 9.52. The van der Waals surface area contributed by atoms with Crippen molar-refractivity contribution >= 4 is 5.91 Å². The number of carbonyl (C=O) groups is 1. The van der Waals surface area contributed by atoms with E-state index in [4.69, 9.17) is 0 Å². The minimum Gasteiger partial charge on any atom is -0.353 e. The van der Waals surface area contributed by atoms with Gasteiger partial charge in [-0.25, -0.2) is 0 Å². The molecular weight excluding hydrogens is 176 g/mol. The summed E-state index contributed by atoms with van der Waals surface area (Å²) in [5, 5.41) is 6.38. The lowest BCUT2D eigenvalue weighted by Gasteiger charge is -2.25. The van der Waals surface area contributed by atoms with Gasteiger partial charge in [-0.05, 0) is 31.3 Å². The third-order valence-corrected chi connectivity index (χ3v) is 2.40. The number of carbonyl (C=O) groups excluding carboxylic acids is 1. The minimum atomic E-state index is 0.0942. The van der Waals surface area contributed by atoms with E-state index in [1.165, 1.54) is 0 Å². The van der Waals surface area contributed by atoms with E-state index in [2.05, 4.69) is 31.4 Å². The molecule has 0 saturated carbocycles. The van der Waals surface area contributed by atoms with E-state index < -0.39 is 0 Å². The average molecular weight is 198 g/mol. The Kier molecular flexibility index (Phi) is 3.93. The fourth-order valence-corrected chi connectivity index (χ4v) is 1.73. The van der Waals surface area contributed by atoms with E-state index in [1.54, 1.807) is 0 Å². The van der Waals surface area contributed by atoms with Crippen molar-refractivity contribution in [1.29, 1.82) is 0 Å². The second-order valence-electron chi connectivity index (χ2n) is 5.33. The zero-order valence-corrected chi connectivity index (χ0v) is 9.52. The highest BCUT2D eigenvalue weighted by molar-refractivity contribution is 5.76. The SMILES string of the molecule is CC(C)(C)CC(=O)NC1CCNCC1. The first-order valence-electron chi connectivity index (χ1n) is 5.47. The molecule has 1 fully saturated rings. The molecule has 1 saturated heterocycles. The lowest BCUT2D eigenvalue weighted by molar-refractivity contribution is -0.123. The van der Waals surface area contributed by atoms with E-state index in [0.717, 1.165) is 25.9 Å². The van der Waals surface area contributed by atoms with Crippen LogP contribution in [0.5, 0.6) is 0 Å². The van der Waals surface area contributed by atoms with Crippen molar-refractivity contribution in [3.8, 4) is 0 Å². The zero-order chi connectivity index (χ0) is 10.6. The van der Waals surface area contributed by atoms with Gasteiger partial charge in [0.15, 0.2) is 0 Å². The predicted octanol–water partition coefficient (Wildman–Crippen LogP) is 1.29. The Labute approximate surface area is 86.6 Å². The standard InChI is InChI=1S/C11H22N2O/c1-11(2,3)8-10(14)13-9-4-6-12-7-5-9/h9,12H,4-8H2,1-3H3,(H,13,14). The number of hydrogen-bond donors (Lipinski definition) is 2. The number of piperidine rings is 1. The summed E-state index contributed by atoms with van der Waals surface area (Å²) in [6.45, 7) is 8.33. The molecule has 2 N–H and O–H groups in total. The van der Waals surface area contributed by atoms with Crippen molar-refractivity contribution < 1.29 is 4.79 Å². The Bertz CT molecular complexity index is 190. The van der Waals surface area contributed by atoms with Crippen LogP contribution in [0.3, 0.4) is 0 Å². The highest BCUT2D eigenvalue weighted by atomic mass is 16.1. The maximum absolute atomic E-state index is 11.6. The van der Waals surface area contributed by atoms with E-state index in [1.807, 2.05) is 0 Å². The molecule has 0 atom stereocenters. The number of amides is 1. The Morgan fingerprint density at radius 2 is 1.93 bits per heavy atom. The van der Waals surface area contributed by atoms with Gasteiger partial charge in [-0.3, -0.25) is 4.79 Å². The van der Waals surface area contributed by atoms with Crippen LogP contribution in [-0.2, 0) is 4.79 Å². The second-order valence-corrected chi connectivity index (χ2v) is 5.33. The molecule has 0 unspecified atom stereocenters. The van der Waals surface area contributed by atoms with Gasteiger partial charge in [0.25, 0.3) is 0 Å². The molecule has 0 aromatic carbocycles. The Hall–Kier alpha value is -0.570. The molecular formula is C11H22N2O. The molecule has 0 aliphatic carbocycles. The maximum atomic E-state index is 11.6. The molecule has 0 spiro atoms. The van der Waals surface area contributed by atoms with Crippen molar-refractivity contribution in [2.75, 3.05) is 13.1 Å². The van der Waals surface area contributed by atoms with E-state index in [0.29, 0.717) is 12.5 Å². The Morgan fingerprint density at radius 3 is 2.43 bits per heavy atom. The first-order valence-corrected chi connectivity index (χ1v) is 5.47. The molecule has 0 radical (unpaired) electrons. The number of nitrogens with one attached hydrogen (secondary N) is 2. The minimum absolute atomic E-state index is 0.0942. The number of hydrogen-bond acceptors (Lipinski definition) is 2. The van der Waals surface area contributed by atoms with Crippen molar-refractivity contribution in [2.45, 2.75) is 46.1 Å². The molecule has 1 heterocycles. The van der Waals surface area contributed by atoms with Gasteiger partial charge in [0.2, 0.25) is 5.91 Å². The van der Waals surface area contributed by atoms with Crippen LogP contribution in [-0.4, -0.2) is 25.0 Å². The molecule has 0 aromatic rings. The molecule has 3 heteroatoms. The molecule has 1 amide bonds. The third-order valence-electron chi connectivity index (χ3n) is 2.40. The second kappa shape index (κ2) is 4.78. The van der Waals surface area contributed by atoms with E-state index in [-0.39, 0.29) is 11.3 Å². The van der Waals surface area contributed by atoms with Gasteiger partial charge < -0.3 is 10.6 Å². The lowest BCUT2D eigenvalue weighted by Crippen LogP contribution is -2.43. The topological polar surface area (TPSA) is 41.1 Å². The third kappa shape index (κ3) is 4.61. The smallest absolute Gasteiger partial charge is 0.220 e. The van der Waals surface area contributed by atoms with Gasteiger partial charge in [0, 0.05) is 12.5 Å². The van der Waals surface area contributed by atoms with Gasteiger partial charge in [0.05, 0.1) is 0 Å². The summed E-state index contributed by atoms with van der Waals surface area (Å²) in [4.78, 5) is 11.6. The summed E-state index contributed by atoms with van der Waals surface area (Å²) < 4.78 is 0. The van der Waals surface area contributed by atoms with Crippen molar-refractivity contribution in [3.63, 3.8) is 0 Å². The summed E-state index contributed by atoms with van der Waals surface area (Å²) in [6.07, 6.45) is 2.75. The lowest BCUT2D eigenvalue weighted by atomic mass is 9.91. The van der Waals surface area contributed by atoms with Gasteiger partial charge in [-0.15, -0.1) is 0 Å². The molecule has 14 heavy (non-hydrogen) atoms. The summed E-state index contributed by atoms with van der Waals surface area (Å²) in [5.74, 6) is 0.199. The fourth-order valence-electron chi connectivity index (χ4n) is 1.73. The van der Waals surface area contributed by atoms with Gasteiger partial charge >= 0.3 is 0 Å². The first kappa shape index (κ1) is 11.5.